The fourth-order valence-electron chi connectivity index (χ4n) is 9.10. The van der Waals surface area contributed by atoms with Crippen molar-refractivity contribution in [2.45, 2.75) is 301 Å². The zero-order valence-corrected chi connectivity index (χ0v) is 47.7. The topological polar surface area (TPSA) is 175 Å². The zero-order chi connectivity index (χ0) is 54.5. The summed E-state index contributed by atoms with van der Waals surface area (Å²) >= 11 is 0. The van der Waals surface area contributed by atoms with Crippen LogP contribution < -0.4 is 5.32 Å². The Kier molecular flexibility index (Phi) is 49.7. The van der Waals surface area contributed by atoms with Gasteiger partial charge in [-0.25, -0.2) is 0 Å². The van der Waals surface area contributed by atoms with Crippen molar-refractivity contribution in [2.24, 2.45) is 0 Å². The van der Waals surface area contributed by atoms with E-state index in [9.17, 15) is 35.1 Å². The van der Waals surface area contributed by atoms with Gasteiger partial charge >= 0.3 is 5.97 Å². The summed E-state index contributed by atoms with van der Waals surface area (Å²) in [6, 6.07) is -0.837. The van der Waals surface area contributed by atoms with E-state index in [0.717, 1.165) is 103 Å². The first kappa shape index (κ1) is 70.1. The predicted octanol–water partition coefficient (Wildman–Crippen LogP) is 14.4. The summed E-state index contributed by atoms with van der Waals surface area (Å²) in [6.07, 6.45) is 59.9. The zero-order valence-electron chi connectivity index (χ0n) is 47.7. The van der Waals surface area contributed by atoms with Crippen molar-refractivity contribution in [3.05, 3.63) is 72.9 Å². The Balaban J connectivity index is 2.13. The maximum absolute atomic E-state index is 13.0. The number of allylic oxidation sites excluding steroid dienone is 11. The molecule has 434 valence electrons. The van der Waals surface area contributed by atoms with E-state index < -0.39 is 49.5 Å². The molecular formula is C64H113NO10. The largest absolute Gasteiger partial charge is 0.466 e. The van der Waals surface area contributed by atoms with Crippen LogP contribution in [0.15, 0.2) is 72.9 Å². The third-order valence-electron chi connectivity index (χ3n) is 14.0. The third-order valence-corrected chi connectivity index (χ3v) is 14.0. The molecule has 0 radical (unpaired) electrons. The Hall–Kier alpha value is -2.90. The maximum atomic E-state index is 13.0. The first-order valence-electron chi connectivity index (χ1n) is 30.7. The van der Waals surface area contributed by atoms with Crippen molar-refractivity contribution in [2.75, 3.05) is 19.8 Å². The van der Waals surface area contributed by atoms with E-state index in [0.29, 0.717) is 19.4 Å². The highest BCUT2D eigenvalue weighted by Crippen LogP contribution is 2.23. The predicted molar refractivity (Wildman–Crippen MR) is 310 cm³/mol. The van der Waals surface area contributed by atoms with Gasteiger partial charge in [0, 0.05) is 12.8 Å². The highest BCUT2D eigenvalue weighted by Gasteiger charge is 2.44. The molecule has 0 saturated carbocycles. The first-order chi connectivity index (χ1) is 36.7. The minimum absolute atomic E-state index is 0.0443. The number of carbonyl (C=O) groups excluding carboxylic acids is 2. The SMILES string of the molecule is CCCC/C=C\C/C=C\CCCCCCCC(=O)OCCCCC/C=C\C=C/CCCCCCCCCCCCC(=O)NC(COC1OC(CO)C(O)C(O)C1O)C(O)/C=C/CC/C=C/CCCCCCCCCC. The summed E-state index contributed by atoms with van der Waals surface area (Å²) in [5.74, 6) is -0.248. The van der Waals surface area contributed by atoms with Crippen LogP contribution in [0.4, 0.5) is 0 Å². The number of carbonyl (C=O) groups is 2. The molecule has 1 aliphatic heterocycles. The van der Waals surface area contributed by atoms with Crippen LogP contribution in [0.25, 0.3) is 0 Å². The summed E-state index contributed by atoms with van der Waals surface area (Å²) < 4.78 is 16.7. The average molecular weight is 1060 g/mol. The van der Waals surface area contributed by atoms with Gasteiger partial charge in [0.1, 0.15) is 24.4 Å². The lowest BCUT2D eigenvalue weighted by atomic mass is 9.99. The molecule has 11 heteroatoms. The van der Waals surface area contributed by atoms with Gasteiger partial charge in [0.25, 0.3) is 0 Å². The Morgan fingerprint density at radius 1 is 0.507 bits per heavy atom. The normalized spacial score (nSPS) is 19.3. The average Bonchev–Trinajstić information content (AvgIpc) is 3.41. The molecule has 7 unspecified atom stereocenters. The molecule has 1 fully saturated rings. The van der Waals surface area contributed by atoms with Crippen LogP contribution in [0.5, 0.6) is 0 Å². The van der Waals surface area contributed by atoms with Crippen molar-refractivity contribution in [3.8, 4) is 0 Å². The van der Waals surface area contributed by atoms with Crippen molar-refractivity contribution < 1.29 is 49.3 Å². The molecule has 11 nitrogen and oxygen atoms in total. The molecule has 1 rings (SSSR count). The summed E-state index contributed by atoms with van der Waals surface area (Å²) in [5, 5.41) is 54.4. The second-order valence-corrected chi connectivity index (χ2v) is 21.1. The van der Waals surface area contributed by atoms with Crippen LogP contribution in [-0.4, -0.2) is 100 Å². The third kappa shape index (κ3) is 42.8. The van der Waals surface area contributed by atoms with Crippen molar-refractivity contribution >= 4 is 11.9 Å². The molecule has 75 heavy (non-hydrogen) atoms. The monoisotopic (exact) mass is 1060 g/mol. The highest BCUT2D eigenvalue weighted by molar-refractivity contribution is 5.76. The summed E-state index contributed by atoms with van der Waals surface area (Å²) in [7, 11) is 0. The lowest BCUT2D eigenvalue weighted by Crippen LogP contribution is -2.60. The van der Waals surface area contributed by atoms with E-state index in [1.165, 1.54) is 128 Å². The van der Waals surface area contributed by atoms with Crippen LogP contribution in [-0.2, 0) is 23.8 Å². The number of ether oxygens (including phenoxy) is 3. The van der Waals surface area contributed by atoms with Crippen molar-refractivity contribution in [3.63, 3.8) is 0 Å². The summed E-state index contributed by atoms with van der Waals surface area (Å²) in [4.78, 5) is 25.1. The van der Waals surface area contributed by atoms with Crippen LogP contribution in [0.2, 0.25) is 0 Å². The second-order valence-electron chi connectivity index (χ2n) is 21.1. The number of amides is 1. The molecule has 6 N–H and O–H groups in total. The van der Waals surface area contributed by atoms with Crippen molar-refractivity contribution in [1.29, 1.82) is 0 Å². The quantitative estimate of drug-likeness (QED) is 0.0149. The number of aliphatic hydroxyl groups excluding tert-OH is 5. The number of esters is 1. The van der Waals surface area contributed by atoms with Gasteiger partial charge in [-0.2, -0.15) is 0 Å². The van der Waals surface area contributed by atoms with Gasteiger partial charge in [-0.3, -0.25) is 9.59 Å². The molecule has 0 aliphatic carbocycles. The van der Waals surface area contributed by atoms with Crippen LogP contribution >= 0.6 is 0 Å². The van der Waals surface area contributed by atoms with Gasteiger partial charge in [-0.05, 0) is 103 Å². The second kappa shape index (κ2) is 53.1. The molecule has 0 aromatic carbocycles. The standard InChI is InChI=1S/C64H113NO10/c1-3-5-7-9-11-13-15-17-26-30-34-38-42-46-50-57(67)56(55-74-64-63(72)62(71)61(70)58(54-66)75-64)65-59(68)51-47-43-39-35-31-27-24-22-20-19-21-23-25-29-33-37-41-45-49-53-73-60(69)52-48-44-40-36-32-28-18-16-14-12-10-8-6-4-2/h10,12,16,18,23,25,29-30,33-34,46,50,56-58,61-64,66-67,70-72H,3-9,11,13-15,17,19-22,24,26-28,31-32,35-45,47-49,51-55H2,1-2H3,(H,65,68)/b12-10-,18-16-,25-23-,33-29-,34-30+,50-46+. The minimum Gasteiger partial charge on any atom is -0.466 e. The fraction of sp³-hybridized carbons (Fsp3) is 0.781. The van der Waals surface area contributed by atoms with E-state index in [4.69, 9.17) is 14.2 Å². The molecule has 0 aromatic heterocycles. The molecule has 7 atom stereocenters. The molecule has 0 spiro atoms. The van der Waals surface area contributed by atoms with Crippen LogP contribution in [0.3, 0.4) is 0 Å². The molecule has 1 heterocycles. The maximum Gasteiger partial charge on any atom is 0.305 e. The minimum atomic E-state index is -1.58. The van der Waals surface area contributed by atoms with Gasteiger partial charge in [0.05, 0.1) is 32.0 Å². The van der Waals surface area contributed by atoms with Gasteiger partial charge in [0.15, 0.2) is 6.29 Å². The van der Waals surface area contributed by atoms with Crippen LogP contribution in [0.1, 0.15) is 258 Å². The Morgan fingerprint density at radius 3 is 1.52 bits per heavy atom. The fourth-order valence-corrected chi connectivity index (χ4v) is 9.10. The van der Waals surface area contributed by atoms with Crippen LogP contribution in [0, 0.1) is 0 Å². The van der Waals surface area contributed by atoms with E-state index >= 15 is 0 Å². The number of aliphatic hydroxyl groups is 5. The Bertz CT molecular complexity index is 1470. The smallest absolute Gasteiger partial charge is 0.305 e. The number of nitrogens with one attached hydrogen (secondary N) is 1. The number of hydrogen-bond donors (Lipinski definition) is 6. The molecule has 1 saturated heterocycles. The Labute approximate surface area is 458 Å². The number of rotatable bonds is 52. The van der Waals surface area contributed by atoms with Gasteiger partial charge in [-0.15, -0.1) is 0 Å². The lowest BCUT2D eigenvalue weighted by Gasteiger charge is -2.40. The van der Waals surface area contributed by atoms with Gasteiger partial charge in [0.2, 0.25) is 5.91 Å². The van der Waals surface area contributed by atoms with Gasteiger partial charge < -0.3 is 45.1 Å². The first-order valence-corrected chi connectivity index (χ1v) is 30.7. The van der Waals surface area contributed by atoms with Crippen molar-refractivity contribution in [1.82, 2.24) is 5.32 Å². The summed E-state index contributed by atoms with van der Waals surface area (Å²) in [5.41, 5.74) is 0. The molecule has 1 aliphatic rings. The lowest BCUT2D eigenvalue weighted by molar-refractivity contribution is -0.302. The molecule has 0 aromatic rings. The van der Waals surface area contributed by atoms with Gasteiger partial charge in [-0.1, -0.05) is 215 Å². The number of hydrogen-bond acceptors (Lipinski definition) is 10. The molecular weight excluding hydrogens is 943 g/mol. The summed E-state index contributed by atoms with van der Waals surface area (Å²) in [6.45, 7) is 4.22. The van der Waals surface area contributed by atoms with E-state index in [1.54, 1.807) is 6.08 Å². The van der Waals surface area contributed by atoms with E-state index in [1.807, 2.05) is 6.08 Å². The molecule has 1 amide bonds. The van der Waals surface area contributed by atoms with E-state index in [-0.39, 0.29) is 18.5 Å². The highest BCUT2D eigenvalue weighted by atomic mass is 16.7. The number of unbranched alkanes of at least 4 members (excludes halogenated alkanes) is 29. The Morgan fingerprint density at radius 2 is 0.960 bits per heavy atom. The van der Waals surface area contributed by atoms with E-state index in [2.05, 4.69) is 79.9 Å². The molecule has 0 bridgehead atoms.